The highest BCUT2D eigenvalue weighted by molar-refractivity contribution is 6.31. The molecular formula is C18H28ClNO2. The fourth-order valence-electron chi connectivity index (χ4n) is 2.71. The average Bonchev–Trinajstić information content (AvgIpc) is 2.54. The van der Waals surface area contributed by atoms with Crippen LogP contribution in [0.3, 0.4) is 0 Å². The fraction of sp³-hybridized carbons (Fsp3) is 0.667. The Balaban J connectivity index is 1.56. The summed E-state index contributed by atoms with van der Waals surface area (Å²) in [5.74, 6) is 1.76. The minimum absolute atomic E-state index is 0.585. The van der Waals surface area contributed by atoms with Gasteiger partial charge in [0.15, 0.2) is 0 Å². The van der Waals surface area contributed by atoms with E-state index in [0.717, 1.165) is 41.8 Å². The van der Waals surface area contributed by atoms with Gasteiger partial charge in [-0.05, 0) is 62.0 Å². The molecule has 0 atom stereocenters. The summed E-state index contributed by atoms with van der Waals surface area (Å²) >= 11 is 6.10. The van der Waals surface area contributed by atoms with Crippen LogP contribution in [0.25, 0.3) is 0 Å². The van der Waals surface area contributed by atoms with E-state index in [2.05, 4.69) is 18.7 Å². The lowest BCUT2D eigenvalue weighted by Gasteiger charge is -2.29. The Morgan fingerprint density at radius 3 is 2.68 bits per heavy atom. The van der Waals surface area contributed by atoms with Crippen LogP contribution in [-0.4, -0.2) is 44.4 Å². The van der Waals surface area contributed by atoms with Crippen LogP contribution in [0, 0.1) is 5.92 Å². The maximum atomic E-state index is 6.10. The summed E-state index contributed by atoms with van der Waals surface area (Å²) in [5, 5.41) is 0.807. The maximum absolute atomic E-state index is 6.10. The van der Waals surface area contributed by atoms with Crippen LogP contribution in [0.5, 0.6) is 5.75 Å². The van der Waals surface area contributed by atoms with Crippen LogP contribution in [0.4, 0.5) is 0 Å². The van der Waals surface area contributed by atoms with E-state index in [-0.39, 0.29) is 0 Å². The molecule has 3 nitrogen and oxygen atoms in total. The molecule has 0 unspecified atom stereocenters. The summed E-state index contributed by atoms with van der Waals surface area (Å²) in [6.07, 6.45) is 3.56. The standard InChI is InChI=1S/C18H28ClNO2/c1-3-16-14-17(4-5-18(16)19)22-13-12-21-11-10-20-8-6-15(2)7-9-20/h4-5,14-15H,3,6-13H2,1-2H3. The second kappa shape index (κ2) is 9.39. The molecule has 1 aromatic rings. The third-order valence-electron chi connectivity index (χ3n) is 4.32. The van der Waals surface area contributed by atoms with Crippen molar-refractivity contribution in [1.82, 2.24) is 4.90 Å². The molecule has 2 rings (SSSR count). The van der Waals surface area contributed by atoms with Gasteiger partial charge in [-0.1, -0.05) is 25.4 Å². The number of ether oxygens (including phenoxy) is 2. The molecule has 0 aromatic heterocycles. The van der Waals surface area contributed by atoms with Crippen LogP contribution in [0.2, 0.25) is 5.02 Å². The summed E-state index contributed by atoms with van der Waals surface area (Å²) < 4.78 is 11.4. The Kier molecular flexibility index (Phi) is 7.50. The Morgan fingerprint density at radius 2 is 1.95 bits per heavy atom. The maximum Gasteiger partial charge on any atom is 0.119 e. The quantitative estimate of drug-likeness (QED) is 0.674. The SMILES string of the molecule is CCc1cc(OCCOCCN2CCC(C)CC2)ccc1Cl. The highest BCUT2D eigenvalue weighted by Crippen LogP contribution is 2.22. The predicted molar refractivity (Wildman–Crippen MR) is 92.0 cm³/mol. The van der Waals surface area contributed by atoms with Crippen molar-refractivity contribution in [2.75, 3.05) is 39.5 Å². The number of hydrogen-bond acceptors (Lipinski definition) is 3. The molecule has 0 aliphatic carbocycles. The zero-order valence-electron chi connectivity index (χ0n) is 13.8. The molecular weight excluding hydrogens is 298 g/mol. The summed E-state index contributed by atoms with van der Waals surface area (Å²) in [6, 6.07) is 5.82. The number of halogens is 1. The van der Waals surface area contributed by atoms with Crippen molar-refractivity contribution < 1.29 is 9.47 Å². The molecule has 22 heavy (non-hydrogen) atoms. The predicted octanol–water partition coefficient (Wildman–Crippen LogP) is 4.03. The minimum Gasteiger partial charge on any atom is -0.491 e. The third-order valence-corrected chi connectivity index (χ3v) is 4.69. The van der Waals surface area contributed by atoms with Crippen molar-refractivity contribution in [3.63, 3.8) is 0 Å². The number of piperidine rings is 1. The van der Waals surface area contributed by atoms with Gasteiger partial charge in [-0.2, -0.15) is 0 Å². The number of aryl methyl sites for hydroxylation is 1. The molecule has 0 radical (unpaired) electrons. The normalized spacial score (nSPS) is 16.9. The summed E-state index contributed by atoms with van der Waals surface area (Å²) in [4.78, 5) is 2.49. The van der Waals surface area contributed by atoms with Gasteiger partial charge in [0.05, 0.1) is 13.2 Å². The van der Waals surface area contributed by atoms with E-state index in [1.807, 2.05) is 18.2 Å². The molecule has 0 saturated carbocycles. The molecule has 0 bridgehead atoms. The first-order valence-corrected chi connectivity index (χ1v) is 8.78. The average molecular weight is 326 g/mol. The van der Waals surface area contributed by atoms with E-state index in [1.54, 1.807) is 0 Å². The van der Waals surface area contributed by atoms with Crippen LogP contribution in [-0.2, 0) is 11.2 Å². The van der Waals surface area contributed by atoms with E-state index in [4.69, 9.17) is 21.1 Å². The molecule has 0 amide bonds. The van der Waals surface area contributed by atoms with Gasteiger partial charge in [0.1, 0.15) is 12.4 Å². The fourth-order valence-corrected chi connectivity index (χ4v) is 2.96. The summed E-state index contributed by atoms with van der Waals surface area (Å²) in [6.45, 7) is 9.90. The molecule has 0 N–H and O–H groups in total. The molecule has 1 saturated heterocycles. The third kappa shape index (κ3) is 5.79. The number of likely N-dealkylation sites (tertiary alicyclic amines) is 1. The van der Waals surface area contributed by atoms with Gasteiger partial charge in [0.2, 0.25) is 0 Å². The molecule has 1 aliphatic rings. The zero-order valence-corrected chi connectivity index (χ0v) is 14.6. The zero-order chi connectivity index (χ0) is 15.8. The first-order valence-electron chi connectivity index (χ1n) is 8.40. The van der Waals surface area contributed by atoms with Crippen LogP contribution in [0.15, 0.2) is 18.2 Å². The summed E-state index contributed by atoms with van der Waals surface area (Å²) in [5.41, 5.74) is 1.12. The lowest BCUT2D eigenvalue weighted by molar-refractivity contribution is 0.0708. The van der Waals surface area contributed by atoms with Gasteiger partial charge in [-0.15, -0.1) is 0 Å². The lowest BCUT2D eigenvalue weighted by Crippen LogP contribution is -2.35. The van der Waals surface area contributed by atoms with Crippen LogP contribution >= 0.6 is 11.6 Å². The van der Waals surface area contributed by atoms with Gasteiger partial charge in [-0.25, -0.2) is 0 Å². The van der Waals surface area contributed by atoms with Crippen molar-refractivity contribution in [2.24, 2.45) is 5.92 Å². The van der Waals surface area contributed by atoms with Crippen LogP contribution in [0.1, 0.15) is 32.3 Å². The highest BCUT2D eigenvalue weighted by atomic mass is 35.5. The van der Waals surface area contributed by atoms with Gasteiger partial charge < -0.3 is 14.4 Å². The first-order chi connectivity index (χ1) is 10.7. The number of benzene rings is 1. The number of rotatable bonds is 8. The van der Waals surface area contributed by atoms with Crippen molar-refractivity contribution in [3.05, 3.63) is 28.8 Å². The first kappa shape index (κ1) is 17.6. The van der Waals surface area contributed by atoms with Crippen LogP contribution < -0.4 is 4.74 Å². The van der Waals surface area contributed by atoms with Gasteiger partial charge >= 0.3 is 0 Å². The van der Waals surface area contributed by atoms with Crippen molar-refractivity contribution in [1.29, 1.82) is 0 Å². The highest BCUT2D eigenvalue weighted by Gasteiger charge is 2.14. The van der Waals surface area contributed by atoms with E-state index >= 15 is 0 Å². The Bertz CT molecular complexity index is 445. The Morgan fingerprint density at radius 1 is 1.18 bits per heavy atom. The molecule has 124 valence electrons. The topological polar surface area (TPSA) is 21.7 Å². The molecule has 1 aromatic carbocycles. The molecule has 0 spiro atoms. The molecule has 1 fully saturated rings. The number of hydrogen-bond donors (Lipinski definition) is 0. The minimum atomic E-state index is 0.585. The molecule has 4 heteroatoms. The smallest absolute Gasteiger partial charge is 0.119 e. The van der Waals surface area contributed by atoms with Crippen molar-refractivity contribution >= 4 is 11.6 Å². The Labute approximate surface area is 139 Å². The second-order valence-electron chi connectivity index (χ2n) is 6.09. The van der Waals surface area contributed by atoms with Gasteiger partial charge in [0.25, 0.3) is 0 Å². The second-order valence-corrected chi connectivity index (χ2v) is 6.50. The molecule has 1 heterocycles. The lowest BCUT2D eigenvalue weighted by atomic mass is 9.99. The summed E-state index contributed by atoms with van der Waals surface area (Å²) in [7, 11) is 0. The van der Waals surface area contributed by atoms with E-state index in [0.29, 0.717) is 13.2 Å². The number of nitrogens with zero attached hydrogens (tertiary/aromatic N) is 1. The van der Waals surface area contributed by atoms with E-state index in [9.17, 15) is 0 Å². The largest absolute Gasteiger partial charge is 0.491 e. The van der Waals surface area contributed by atoms with Gasteiger partial charge in [-0.3, -0.25) is 0 Å². The van der Waals surface area contributed by atoms with E-state index in [1.165, 1.54) is 25.9 Å². The monoisotopic (exact) mass is 325 g/mol. The van der Waals surface area contributed by atoms with Crippen molar-refractivity contribution in [3.8, 4) is 5.75 Å². The van der Waals surface area contributed by atoms with E-state index < -0.39 is 0 Å². The Hall–Kier alpha value is -0.770. The molecule has 1 aliphatic heterocycles. The van der Waals surface area contributed by atoms with Gasteiger partial charge in [0, 0.05) is 11.6 Å². The van der Waals surface area contributed by atoms with Crippen molar-refractivity contribution in [2.45, 2.75) is 33.1 Å².